The van der Waals surface area contributed by atoms with E-state index in [4.69, 9.17) is 0 Å². The molecule has 0 aromatic carbocycles. The zero-order valence-corrected chi connectivity index (χ0v) is 8.92. The van der Waals surface area contributed by atoms with E-state index in [0.717, 1.165) is 5.82 Å². The van der Waals surface area contributed by atoms with Gasteiger partial charge in [0.2, 0.25) is 0 Å². The van der Waals surface area contributed by atoms with E-state index in [1.807, 2.05) is 20.8 Å². The first-order valence-electron chi connectivity index (χ1n) is 3.67. The molecule has 0 aliphatic carbocycles. The Balaban J connectivity index is 3.36. The molecule has 4 heteroatoms. The zero-order chi connectivity index (χ0) is 9.35. The first-order valence-corrected chi connectivity index (χ1v) is 4.38. The highest BCUT2D eigenvalue weighted by Crippen LogP contribution is 2.18. The van der Waals surface area contributed by atoms with Crippen molar-refractivity contribution in [3.8, 4) is 0 Å². The molecule has 66 valence electrons. The molecule has 0 unspecified atom stereocenters. The predicted octanol–water partition coefficient (Wildman–Crippen LogP) is 1.70. The first kappa shape index (κ1) is 9.45. The van der Waals surface area contributed by atoms with E-state index < -0.39 is 0 Å². The van der Waals surface area contributed by atoms with Gasteiger partial charge in [0.25, 0.3) is 5.56 Å². The van der Waals surface area contributed by atoms with Crippen LogP contribution in [0.2, 0.25) is 0 Å². The highest BCUT2D eigenvalue weighted by molar-refractivity contribution is 9.08. The molecule has 0 N–H and O–H groups in total. The third-order valence-electron chi connectivity index (χ3n) is 1.46. The fourth-order valence-electron chi connectivity index (χ4n) is 0.880. The first-order chi connectivity index (χ1) is 5.43. The Hall–Kier alpha value is -0.640. The van der Waals surface area contributed by atoms with Crippen LogP contribution in [0, 0.1) is 0 Å². The predicted molar refractivity (Wildman–Crippen MR) is 51.5 cm³/mol. The van der Waals surface area contributed by atoms with Gasteiger partial charge in [-0.05, 0) is 0 Å². The smallest absolute Gasteiger partial charge is 0.263 e. The lowest BCUT2D eigenvalue weighted by atomic mass is 9.96. The van der Waals surface area contributed by atoms with Crippen LogP contribution in [-0.4, -0.2) is 8.58 Å². The molecule has 0 aliphatic rings. The van der Waals surface area contributed by atoms with Crippen LogP contribution in [0.5, 0.6) is 0 Å². The molecule has 0 saturated carbocycles. The van der Waals surface area contributed by atoms with E-state index in [1.165, 1.54) is 15.9 Å². The Morgan fingerprint density at radius 3 is 2.50 bits per heavy atom. The molecule has 0 atom stereocenters. The highest BCUT2D eigenvalue weighted by Gasteiger charge is 2.19. The lowest BCUT2D eigenvalue weighted by Crippen LogP contribution is -2.25. The van der Waals surface area contributed by atoms with E-state index in [9.17, 15) is 4.79 Å². The van der Waals surface area contributed by atoms with E-state index in [2.05, 4.69) is 21.1 Å². The number of halogens is 1. The molecule has 0 saturated heterocycles. The van der Waals surface area contributed by atoms with Gasteiger partial charge in [-0.25, -0.2) is 8.58 Å². The Bertz CT molecular complexity index is 338. The monoisotopic (exact) mass is 230 g/mol. The number of aromatic nitrogens is 2. The van der Waals surface area contributed by atoms with Gasteiger partial charge in [-0.2, -0.15) is 0 Å². The maximum atomic E-state index is 11.2. The van der Waals surface area contributed by atoms with Crippen LogP contribution in [-0.2, 0) is 5.41 Å². The van der Waals surface area contributed by atoms with Crippen LogP contribution < -0.4 is 5.56 Å². The Kier molecular flexibility index (Phi) is 2.37. The summed E-state index contributed by atoms with van der Waals surface area (Å²) in [4.78, 5) is 15.3. The summed E-state index contributed by atoms with van der Waals surface area (Å²) in [6, 6.07) is 1.42. The third kappa shape index (κ3) is 1.75. The molecule has 1 heterocycles. The molecule has 0 amide bonds. The van der Waals surface area contributed by atoms with Gasteiger partial charge in [-0.15, -0.1) is 0 Å². The van der Waals surface area contributed by atoms with Crippen molar-refractivity contribution < 1.29 is 0 Å². The van der Waals surface area contributed by atoms with E-state index in [-0.39, 0.29) is 11.0 Å². The summed E-state index contributed by atoms with van der Waals surface area (Å²) in [6.45, 7) is 6.02. The molecule has 0 bridgehead atoms. The molecule has 1 aromatic rings. The number of nitrogens with zero attached hydrogens (tertiary/aromatic N) is 2. The summed E-state index contributed by atoms with van der Waals surface area (Å²) in [7, 11) is 0. The second-order valence-electron chi connectivity index (χ2n) is 3.64. The minimum absolute atomic E-state index is 0.0880. The Labute approximate surface area is 79.8 Å². The largest absolute Gasteiger partial charge is 0.268 e. The summed E-state index contributed by atoms with van der Waals surface area (Å²) in [5, 5.41) is 0. The van der Waals surface area contributed by atoms with Crippen LogP contribution in [0.4, 0.5) is 0 Å². The fourth-order valence-corrected chi connectivity index (χ4v) is 1.62. The minimum atomic E-state index is -0.121. The Morgan fingerprint density at radius 2 is 2.08 bits per heavy atom. The zero-order valence-electron chi connectivity index (χ0n) is 7.34. The van der Waals surface area contributed by atoms with Gasteiger partial charge < -0.3 is 0 Å². The summed E-state index contributed by atoms with van der Waals surface area (Å²) < 4.78 is 1.40. The molecule has 0 radical (unpaired) electrons. The number of hydrogen-bond acceptors (Lipinski definition) is 2. The lowest BCUT2D eigenvalue weighted by Gasteiger charge is -2.18. The van der Waals surface area contributed by atoms with Gasteiger partial charge in [0.1, 0.15) is 5.82 Å². The topological polar surface area (TPSA) is 34.9 Å². The third-order valence-corrected chi connectivity index (χ3v) is 2.15. The molecular formula is C8H11BrN2O. The fraction of sp³-hybridized carbons (Fsp3) is 0.500. The van der Waals surface area contributed by atoms with Gasteiger partial charge in [-0.3, -0.25) is 4.79 Å². The Morgan fingerprint density at radius 1 is 1.50 bits per heavy atom. The average Bonchev–Trinajstić information content (AvgIpc) is 1.92. The van der Waals surface area contributed by atoms with Gasteiger partial charge in [0, 0.05) is 17.7 Å². The molecule has 1 aromatic heterocycles. The SMILES string of the molecule is CC(C)(C)c1nccc(=O)n1Br. The van der Waals surface area contributed by atoms with Crippen molar-refractivity contribution >= 4 is 16.1 Å². The molecule has 3 nitrogen and oxygen atoms in total. The molecule has 0 spiro atoms. The van der Waals surface area contributed by atoms with E-state index in [1.54, 1.807) is 0 Å². The molecule has 0 aliphatic heterocycles. The minimum Gasteiger partial charge on any atom is -0.268 e. The highest BCUT2D eigenvalue weighted by atomic mass is 79.9. The number of hydrogen-bond donors (Lipinski definition) is 0. The van der Waals surface area contributed by atoms with Crippen molar-refractivity contribution in [3.05, 3.63) is 28.4 Å². The molecule has 12 heavy (non-hydrogen) atoms. The van der Waals surface area contributed by atoms with Crippen LogP contribution in [0.25, 0.3) is 0 Å². The van der Waals surface area contributed by atoms with Crippen molar-refractivity contribution in [1.29, 1.82) is 0 Å². The van der Waals surface area contributed by atoms with E-state index >= 15 is 0 Å². The second kappa shape index (κ2) is 3.01. The van der Waals surface area contributed by atoms with Crippen molar-refractivity contribution in [2.24, 2.45) is 0 Å². The van der Waals surface area contributed by atoms with Crippen molar-refractivity contribution in [2.75, 3.05) is 0 Å². The van der Waals surface area contributed by atoms with Crippen molar-refractivity contribution in [2.45, 2.75) is 26.2 Å². The summed E-state index contributed by atoms with van der Waals surface area (Å²) in [5.41, 5.74) is -0.209. The summed E-state index contributed by atoms with van der Waals surface area (Å²) >= 11 is 3.16. The van der Waals surface area contributed by atoms with Crippen LogP contribution >= 0.6 is 16.1 Å². The molecule has 1 rings (SSSR count). The second-order valence-corrected chi connectivity index (χ2v) is 4.35. The number of rotatable bonds is 0. The maximum absolute atomic E-state index is 11.2. The normalized spacial score (nSPS) is 11.7. The van der Waals surface area contributed by atoms with Gasteiger partial charge in [0.15, 0.2) is 0 Å². The summed E-state index contributed by atoms with van der Waals surface area (Å²) in [5.74, 6) is 0.731. The van der Waals surface area contributed by atoms with Crippen molar-refractivity contribution in [3.63, 3.8) is 0 Å². The maximum Gasteiger partial charge on any atom is 0.263 e. The van der Waals surface area contributed by atoms with Crippen LogP contribution in [0.3, 0.4) is 0 Å². The van der Waals surface area contributed by atoms with Crippen molar-refractivity contribution in [1.82, 2.24) is 8.58 Å². The van der Waals surface area contributed by atoms with Gasteiger partial charge in [-0.1, -0.05) is 20.8 Å². The van der Waals surface area contributed by atoms with Gasteiger partial charge in [0.05, 0.1) is 16.1 Å². The molecule has 0 fully saturated rings. The van der Waals surface area contributed by atoms with Crippen LogP contribution in [0.1, 0.15) is 26.6 Å². The quantitative estimate of drug-likeness (QED) is 0.681. The average molecular weight is 231 g/mol. The summed E-state index contributed by atoms with van der Waals surface area (Å²) in [6.07, 6.45) is 1.53. The lowest BCUT2D eigenvalue weighted by molar-refractivity contribution is 0.537. The standard InChI is InChI=1S/C8H11BrN2O/c1-8(2,3)7-10-5-4-6(12)11(7)9/h4-5H,1-3H3. The van der Waals surface area contributed by atoms with Crippen LogP contribution in [0.15, 0.2) is 17.1 Å². The van der Waals surface area contributed by atoms with E-state index in [0.29, 0.717) is 0 Å². The van der Waals surface area contributed by atoms with Gasteiger partial charge >= 0.3 is 0 Å². The molecular weight excluding hydrogens is 220 g/mol.